The van der Waals surface area contributed by atoms with Crippen LogP contribution in [0.3, 0.4) is 0 Å². The number of nitro benzene ring substituents is 1. The van der Waals surface area contributed by atoms with Crippen molar-refractivity contribution in [1.82, 2.24) is 15.0 Å². The number of nitrogen functional groups attached to an aromatic ring is 1. The summed E-state index contributed by atoms with van der Waals surface area (Å²) in [5.74, 6) is -1.32. The van der Waals surface area contributed by atoms with Gasteiger partial charge in [-0.25, -0.2) is 19.3 Å². The summed E-state index contributed by atoms with van der Waals surface area (Å²) in [7, 11) is 0. The van der Waals surface area contributed by atoms with Crippen LogP contribution in [-0.4, -0.2) is 25.6 Å². The first-order chi connectivity index (χ1) is 18.3. The fourth-order valence-corrected chi connectivity index (χ4v) is 4.73. The SMILES string of the molecule is Cc1nc(N)nc2c1/C(=N/OCc1ccc([N+](=O)[O-])cc1)CC(c1ccc(F)cc1-c1cccnc1F)C2. The minimum absolute atomic E-state index is 0.0189. The highest BCUT2D eigenvalue weighted by Crippen LogP contribution is 2.39. The third-order valence-electron chi connectivity index (χ3n) is 6.41. The summed E-state index contributed by atoms with van der Waals surface area (Å²) in [6, 6.07) is 13.4. The Labute approximate surface area is 216 Å². The van der Waals surface area contributed by atoms with Gasteiger partial charge in [-0.1, -0.05) is 11.2 Å². The molecule has 0 fully saturated rings. The van der Waals surface area contributed by atoms with Crippen molar-refractivity contribution >= 4 is 17.3 Å². The maximum atomic E-state index is 14.6. The Kier molecular flexibility index (Phi) is 6.73. The molecule has 2 heterocycles. The fraction of sp³-hybridized carbons (Fsp3) is 0.185. The smallest absolute Gasteiger partial charge is 0.269 e. The van der Waals surface area contributed by atoms with E-state index >= 15 is 0 Å². The molecule has 5 rings (SSSR count). The zero-order valence-electron chi connectivity index (χ0n) is 20.3. The van der Waals surface area contributed by atoms with E-state index in [2.05, 4.69) is 20.1 Å². The Bertz CT molecular complexity index is 1560. The van der Waals surface area contributed by atoms with Crippen LogP contribution in [0.4, 0.5) is 20.4 Å². The predicted octanol–water partition coefficient (Wildman–Crippen LogP) is 5.27. The number of non-ortho nitro benzene ring substituents is 1. The number of aryl methyl sites for hydroxylation is 1. The summed E-state index contributed by atoms with van der Waals surface area (Å²) in [6.45, 7) is 1.89. The lowest BCUT2D eigenvalue weighted by Gasteiger charge is -2.28. The molecule has 0 saturated heterocycles. The second kappa shape index (κ2) is 10.3. The summed E-state index contributed by atoms with van der Waals surface area (Å²) >= 11 is 0. The lowest BCUT2D eigenvalue weighted by molar-refractivity contribution is -0.384. The van der Waals surface area contributed by atoms with E-state index < -0.39 is 16.7 Å². The standard InChI is InChI=1S/C27H22F2N6O3/c1-15-25-23(33-27(30)32-15)11-17(12-24(25)34-38-14-16-4-7-19(8-5-16)35(36)37)20-9-6-18(28)13-22(20)21-3-2-10-31-26(21)29/h2-10,13,17H,11-12,14H2,1H3,(H2,30,32,33)/b34-24+. The molecule has 0 bridgehead atoms. The van der Waals surface area contributed by atoms with Gasteiger partial charge in [-0.05, 0) is 72.4 Å². The quantitative estimate of drug-likeness (QED) is 0.210. The van der Waals surface area contributed by atoms with E-state index in [-0.39, 0.29) is 29.7 Å². The number of oxime groups is 1. The van der Waals surface area contributed by atoms with Gasteiger partial charge in [-0.3, -0.25) is 10.1 Å². The average Bonchev–Trinajstić information content (AvgIpc) is 2.88. The molecule has 1 aliphatic rings. The van der Waals surface area contributed by atoms with E-state index in [1.165, 1.54) is 30.5 Å². The summed E-state index contributed by atoms with van der Waals surface area (Å²) in [5, 5.41) is 15.3. The van der Waals surface area contributed by atoms with Gasteiger partial charge in [0.25, 0.3) is 5.69 Å². The lowest BCUT2D eigenvalue weighted by atomic mass is 9.78. The Morgan fingerprint density at radius 3 is 2.63 bits per heavy atom. The molecule has 0 amide bonds. The molecule has 11 heteroatoms. The summed E-state index contributed by atoms with van der Waals surface area (Å²) < 4.78 is 28.9. The third-order valence-corrected chi connectivity index (χ3v) is 6.41. The molecule has 1 aliphatic carbocycles. The second-order valence-corrected chi connectivity index (χ2v) is 8.90. The topological polar surface area (TPSA) is 129 Å². The van der Waals surface area contributed by atoms with Crippen molar-refractivity contribution in [2.45, 2.75) is 32.3 Å². The molecule has 9 nitrogen and oxygen atoms in total. The molecular formula is C27H22F2N6O3. The van der Waals surface area contributed by atoms with Crippen LogP contribution in [-0.2, 0) is 17.9 Å². The van der Waals surface area contributed by atoms with E-state index in [1.54, 1.807) is 37.3 Å². The van der Waals surface area contributed by atoms with Crippen LogP contribution in [0.25, 0.3) is 11.1 Å². The van der Waals surface area contributed by atoms with Gasteiger partial charge in [0.1, 0.15) is 12.4 Å². The number of halogens is 2. The molecule has 2 N–H and O–H groups in total. The van der Waals surface area contributed by atoms with Crippen LogP contribution >= 0.6 is 0 Å². The number of nitrogens with two attached hydrogens (primary N) is 1. The van der Waals surface area contributed by atoms with Crippen LogP contribution in [0.5, 0.6) is 0 Å². The van der Waals surface area contributed by atoms with Crippen LogP contribution in [0.2, 0.25) is 0 Å². The van der Waals surface area contributed by atoms with E-state index in [9.17, 15) is 18.9 Å². The van der Waals surface area contributed by atoms with E-state index in [4.69, 9.17) is 10.6 Å². The zero-order chi connectivity index (χ0) is 26.8. The summed E-state index contributed by atoms with van der Waals surface area (Å²) in [4.78, 5) is 28.5. The van der Waals surface area contributed by atoms with Crippen molar-refractivity contribution in [3.05, 3.63) is 111 Å². The number of anilines is 1. The molecule has 2 aromatic heterocycles. The van der Waals surface area contributed by atoms with Crippen LogP contribution < -0.4 is 5.73 Å². The number of fused-ring (bicyclic) bond motifs is 1. The summed E-state index contributed by atoms with van der Waals surface area (Å²) in [5.41, 5.74) is 10.5. The largest absolute Gasteiger partial charge is 0.391 e. The normalized spacial score (nSPS) is 15.8. The minimum Gasteiger partial charge on any atom is -0.391 e. The van der Waals surface area contributed by atoms with Crippen molar-refractivity contribution in [3.8, 4) is 11.1 Å². The fourth-order valence-electron chi connectivity index (χ4n) is 4.73. The Balaban J connectivity index is 1.50. The highest BCUT2D eigenvalue weighted by atomic mass is 19.1. The van der Waals surface area contributed by atoms with Crippen LogP contribution in [0.1, 0.15) is 40.4 Å². The van der Waals surface area contributed by atoms with E-state index in [0.29, 0.717) is 46.6 Å². The van der Waals surface area contributed by atoms with Gasteiger partial charge in [-0.15, -0.1) is 0 Å². The molecule has 0 saturated carbocycles. The first kappa shape index (κ1) is 24.9. The van der Waals surface area contributed by atoms with Gasteiger partial charge < -0.3 is 10.6 Å². The number of nitrogens with zero attached hydrogens (tertiary/aromatic N) is 5. The van der Waals surface area contributed by atoms with Crippen molar-refractivity contribution in [2.75, 3.05) is 5.73 Å². The maximum absolute atomic E-state index is 14.6. The average molecular weight is 517 g/mol. The molecule has 4 aromatic rings. The van der Waals surface area contributed by atoms with Crippen LogP contribution in [0.15, 0.2) is 65.9 Å². The second-order valence-electron chi connectivity index (χ2n) is 8.90. The summed E-state index contributed by atoms with van der Waals surface area (Å²) in [6.07, 6.45) is 2.18. The van der Waals surface area contributed by atoms with Gasteiger partial charge in [-0.2, -0.15) is 4.39 Å². The van der Waals surface area contributed by atoms with Crippen molar-refractivity contribution in [2.24, 2.45) is 5.16 Å². The number of benzene rings is 2. The molecular weight excluding hydrogens is 494 g/mol. The number of hydrogen-bond donors (Lipinski definition) is 1. The Morgan fingerprint density at radius 2 is 1.89 bits per heavy atom. The number of aromatic nitrogens is 3. The minimum atomic E-state index is -0.696. The van der Waals surface area contributed by atoms with Gasteiger partial charge in [0.05, 0.1) is 22.0 Å². The molecule has 0 spiro atoms. The van der Waals surface area contributed by atoms with E-state index in [0.717, 1.165) is 5.56 Å². The third kappa shape index (κ3) is 5.03. The zero-order valence-corrected chi connectivity index (χ0v) is 20.3. The van der Waals surface area contributed by atoms with Crippen molar-refractivity contribution in [1.29, 1.82) is 0 Å². The highest BCUT2D eigenvalue weighted by Gasteiger charge is 2.31. The van der Waals surface area contributed by atoms with Gasteiger partial charge in [0.15, 0.2) is 0 Å². The molecule has 1 atom stereocenters. The predicted molar refractivity (Wildman–Crippen MR) is 136 cm³/mol. The maximum Gasteiger partial charge on any atom is 0.269 e. The van der Waals surface area contributed by atoms with Gasteiger partial charge in [0.2, 0.25) is 11.9 Å². The number of hydrogen-bond acceptors (Lipinski definition) is 8. The molecule has 0 aliphatic heterocycles. The number of rotatable bonds is 6. The Morgan fingerprint density at radius 1 is 1.11 bits per heavy atom. The molecule has 38 heavy (non-hydrogen) atoms. The molecule has 0 radical (unpaired) electrons. The van der Waals surface area contributed by atoms with Gasteiger partial charge >= 0.3 is 0 Å². The Hall–Kier alpha value is -4.80. The molecule has 1 unspecified atom stereocenters. The van der Waals surface area contributed by atoms with Gasteiger partial charge in [0, 0.05) is 35.9 Å². The van der Waals surface area contributed by atoms with Crippen molar-refractivity contribution in [3.63, 3.8) is 0 Å². The monoisotopic (exact) mass is 516 g/mol. The molecule has 192 valence electrons. The number of nitro groups is 1. The first-order valence-electron chi connectivity index (χ1n) is 11.8. The lowest BCUT2D eigenvalue weighted by Crippen LogP contribution is -2.24. The first-order valence-corrected chi connectivity index (χ1v) is 11.8. The van der Waals surface area contributed by atoms with Crippen LogP contribution in [0, 0.1) is 28.8 Å². The van der Waals surface area contributed by atoms with Crippen molar-refractivity contribution < 1.29 is 18.5 Å². The van der Waals surface area contributed by atoms with E-state index in [1.807, 2.05) is 0 Å². The molecule has 2 aromatic carbocycles. The number of pyridine rings is 1. The highest BCUT2D eigenvalue weighted by molar-refractivity contribution is 6.03.